The van der Waals surface area contributed by atoms with Gasteiger partial charge in [-0.25, -0.2) is 0 Å². The van der Waals surface area contributed by atoms with Crippen molar-refractivity contribution >= 4 is 12.0 Å². The Morgan fingerprint density at radius 2 is 1.82 bits per heavy atom. The van der Waals surface area contributed by atoms with Crippen molar-refractivity contribution in [3.8, 4) is 0 Å². The van der Waals surface area contributed by atoms with Crippen LogP contribution in [-0.2, 0) is 14.9 Å². The third-order valence-electron chi connectivity index (χ3n) is 5.26. The quantitative estimate of drug-likeness (QED) is 0.783. The van der Waals surface area contributed by atoms with Gasteiger partial charge in [0.2, 0.25) is 0 Å². The van der Waals surface area contributed by atoms with E-state index in [1.165, 1.54) is 12.7 Å². The Kier molecular flexibility index (Phi) is 2.93. The van der Waals surface area contributed by atoms with Gasteiger partial charge in [0.15, 0.2) is 0 Å². The van der Waals surface area contributed by atoms with Crippen LogP contribution in [0.1, 0.15) is 29.0 Å². The molecule has 1 saturated carbocycles. The van der Waals surface area contributed by atoms with Crippen LogP contribution in [0.3, 0.4) is 0 Å². The third kappa shape index (κ3) is 1.58. The number of hydrogen-bond donors (Lipinski definition) is 0. The molecular formula is C20H18O2. The van der Waals surface area contributed by atoms with E-state index in [4.69, 9.17) is 4.74 Å². The number of allylic oxidation sites excluding steroid dienone is 1. The van der Waals surface area contributed by atoms with Crippen molar-refractivity contribution in [2.75, 3.05) is 7.11 Å². The van der Waals surface area contributed by atoms with E-state index in [1.54, 1.807) is 0 Å². The summed E-state index contributed by atoms with van der Waals surface area (Å²) in [6.07, 6.45) is 5.31. The number of hydrogen-bond acceptors (Lipinski definition) is 2. The average Bonchev–Trinajstić information content (AvgIpc) is 2.55. The standard InChI is InChI=1S/C20H18O2/c1-22-19(21)20-16(12-11-15-9-5-6-10-17(15)20)13-18(20)14-7-3-2-4-8-14/h2-12,16,18H,13H2,1H3/t16?,18-,20+/m0/s1. The van der Waals surface area contributed by atoms with Gasteiger partial charge >= 0.3 is 5.97 Å². The molecule has 0 amide bonds. The predicted molar refractivity (Wildman–Crippen MR) is 86.5 cm³/mol. The second kappa shape index (κ2) is 4.84. The molecule has 0 saturated heterocycles. The number of carbonyl (C=O) groups is 1. The maximum atomic E-state index is 12.8. The molecule has 2 aliphatic carbocycles. The lowest BCUT2D eigenvalue weighted by Crippen LogP contribution is -2.57. The van der Waals surface area contributed by atoms with E-state index in [2.05, 4.69) is 36.4 Å². The summed E-state index contributed by atoms with van der Waals surface area (Å²) in [6.45, 7) is 0. The molecule has 0 aromatic heterocycles. The smallest absolute Gasteiger partial charge is 0.317 e. The molecule has 2 heteroatoms. The first-order chi connectivity index (χ1) is 10.8. The molecule has 2 nitrogen and oxygen atoms in total. The summed E-state index contributed by atoms with van der Waals surface area (Å²) in [5, 5.41) is 0. The van der Waals surface area contributed by atoms with Crippen LogP contribution < -0.4 is 0 Å². The maximum Gasteiger partial charge on any atom is 0.317 e. The van der Waals surface area contributed by atoms with Crippen LogP contribution in [0.2, 0.25) is 0 Å². The van der Waals surface area contributed by atoms with Crippen LogP contribution in [-0.4, -0.2) is 13.1 Å². The molecule has 1 unspecified atom stereocenters. The summed E-state index contributed by atoms with van der Waals surface area (Å²) in [4.78, 5) is 12.8. The Balaban J connectivity index is 1.92. The van der Waals surface area contributed by atoms with Crippen LogP contribution in [0.15, 0.2) is 60.7 Å². The van der Waals surface area contributed by atoms with Gasteiger partial charge in [-0.05, 0) is 29.0 Å². The molecular weight excluding hydrogens is 272 g/mol. The monoisotopic (exact) mass is 290 g/mol. The number of ether oxygens (including phenoxy) is 1. The third-order valence-corrected chi connectivity index (χ3v) is 5.26. The van der Waals surface area contributed by atoms with Crippen molar-refractivity contribution in [2.45, 2.75) is 17.8 Å². The number of esters is 1. The minimum absolute atomic E-state index is 0.116. The van der Waals surface area contributed by atoms with E-state index in [9.17, 15) is 4.79 Å². The molecule has 0 spiro atoms. The molecule has 1 fully saturated rings. The van der Waals surface area contributed by atoms with Crippen LogP contribution in [0, 0.1) is 5.92 Å². The Labute approximate surface area is 130 Å². The van der Waals surface area contributed by atoms with Gasteiger partial charge in [-0.3, -0.25) is 4.79 Å². The van der Waals surface area contributed by atoms with Gasteiger partial charge in [0.1, 0.15) is 5.41 Å². The zero-order chi connectivity index (χ0) is 15.2. The molecule has 2 aromatic carbocycles. The second-order valence-electron chi connectivity index (χ2n) is 6.11. The molecule has 0 bridgehead atoms. The normalized spacial score (nSPS) is 28.2. The van der Waals surface area contributed by atoms with Gasteiger partial charge in [0.05, 0.1) is 7.11 Å². The zero-order valence-corrected chi connectivity index (χ0v) is 12.5. The average molecular weight is 290 g/mol. The summed E-state index contributed by atoms with van der Waals surface area (Å²) in [5.41, 5.74) is 2.88. The van der Waals surface area contributed by atoms with E-state index in [0.29, 0.717) is 0 Å². The highest BCUT2D eigenvalue weighted by Gasteiger charge is 2.62. The second-order valence-corrected chi connectivity index (χ2v) is 6.11. The first kappa shape index (κ1) is 13.3. The molecule has 3 atom stereocenters. The molecule has 2 aromatic rings. The summed E-state index contributed by atoms with van der Waals surface area (Å²) in [5.74, 6) is 0.284. The first-order valence-corrected chi connectivity index (χ1v) is 7.69. The fraction of sp³-hybridized carbons (Fsp3) is 0.250. The van der Waals surface area contributed by atoms with E-state index < -0.39 is 5.41 Å². The van der Waals surface area contributed by atoms with Crippen molar-refractivity contribution in [1.82, 2.24) is 0 Å². The van der Waals surface area contributed by atoms with E-state index in [0.717, 1.165) is 17.5 Å². The number of rotatable bonds is 2. The number of fused-ring (bicyclic) bond motifs is 3. The van der Waals surface area contributed by atoms with Crippen molar-refractivity contribution in [3.05, 3.63) is 77.4 Å². The van der Waals surface area contributed by atoms with E-state index in [-0.39, 0.29) is 17.8 Å². The Bertz CT molecular complexity index is 747. The Morgan fingerprint density at radius 3 is 2.59 bits per heavy atom. The van der Waals surface area contributed by atoms with Crippen LogP contribution in [0.5, 0.6) is 0 Å². The van der Waals surface area contributed by atoms with Gasteiger partial charge in [-0.15, -0.1) is 0 Å². The van der Waals surface area contributed by atoms with Crippen molar-refractivity contribution < 1.29 is 9.53 Å². The van der Waals surface area contributed by atoms with Crippen molar-refractivity contribution in [1.29, 1.82) is 0 Å². The van der Waals surface area contributed by atoms with Gasteiger partial charge < -0.3 is 4.74 Å². The minimum Gasteiger partial charge on any atom is -0.468 e. The van der Waals surface area contributed by atoms with E-state index in [1.807, 2.05) is 30.3 Å². The molecule has 4 rings (SSSR count). The van der Waals surface area contributed by atoms with Crippen LogP contribution in [0.4, 0.5) is 0 Å². The molecule has 0 radical (unpaired) electrons. The highest BCUT2D eigenvalue weighted by Crippen LogP contribution is 2.62. The minimum atomic E-state index is -0.568. The number of methoxy groups -OCH3 is 1. The van der Waals surface area contributed by atoms with Gasteiger partial charge in [0.25, 0.3) is 0 Å². The SMILES string of the molecule is COC(=O)[C@@]12c3ccccc3C=CC1C[C@H]2c1ccccc1. The van der Waals surface area contributed by atoms with Gasteiger partial charge in [-0.1, -0.05) is 66.7 Å². The molecule has 0 N–H and O–H groups in total. The molecule has 22 heavy (non-hydrogen) atoms. The van der Waals surface area contributed by atoms with Gasteiger partial charge in [-0.2, -0.15) is 0 Å². The lowest BCUT2D eigenvalue weighted by Gasteiger charge is -2.55. The fourth-order valence-corrected chi connectivity index (χ4v) is 4.24. The van der Waals surface area contributed by atoms with Crippen LogP contribution in [0.25, 0.3) is 6.08 Å². The zero-order valence-electron chi connectivity index (χ0n) is 12.5. The highest BCUT2D eigenvalue weighted by molar-refractivity contribution is 5.90. The Morgan fingerprint density at radius 1 is 1.09 bits per heavy atom. The maximum absolute atomic E-state index is 12.8. The number of carbonyl (C=O) groups excluding carboxylic acids is 1. The van der Waals surface area contributed by atoms with Crippen LogP contribution >= 0.6 is 0 Å². The summed E-state index contributed by atoms with van der Waals surface area (Å²) in [7, 11) is 1.50. The first-order valence-electron chi connectivity index (χ1n) is 7.69. The van der Waals surface area contributed by atoms with Gasteiger partial charge in [0, 0.05) is 5.92 Å². The molecule has 0 heterocycles. The summed E-state index contributed by atoms with van der Waals surface area (Å²) < 4.78 is 5.25. The molecule has 0 aliphatic heterocycles. The van der Waals surface area contributed by atoms with Crippen molar-refractivity contribution in [3.63, 3.8) is 0 Å². The molecule has 2 aliphatic rings. The lowest BCUT2D eigenvalue weighted by molar-refractivity contribution is -0.156. The molecule has 110 valence electrons. The highest BCUT2D eigenvalue weighted by atomic mass is 16.5. The predicted octanol–water partition coefficient (Wildman–Crippen LogP) is 3.93. The summed E-state index contributed by atoms with van der Waals surface area (Å²) in [6, 6.07) is 18.5. The fourth-order valence-electron chi connectivity index (χ4n) is 4.24. The topological polar surface area (TPSA) is 26.3 Å². The largest absolute Gasteiger partial charge is 0.468 e. The summed E-state index contributed by atoms with van der Waals surface area (Å²) >= 11 is 0. The van der Waals surface area contributed by atoms with E-state index >= 15 is 0 Å². The lowest BCUT2D eigenvalue weighted by atomic mass is 9.46. The number of benzene rings is 2. The Hall–Kier alpha value is -2.35. The van der Waals surface area contributed by atoms with Crippen molar-refractivity contribution in [2.24, 2.45) is 5.92 Å².